The molecule has 0 radical (unpaired) electrons. The van der Waals surface area contributed by atoms with E-state index in [0.717, 1.165) is 0 Å². The van der Waals surface area contributed by atoms with Crippen LogP contribution in [-0.2, 0) is 37.9 Å². The molecule has 4 fully saturated rings. The van der Waals surface area contributed by atoms with Gasteiger partial charge in [-0.3, -0.25) is 0 Å². The molecule has 0 bridgehead atoms. The molecule has 13 N–H and O–H groups in total. The SMILES string of the molecule is COCC1OC(CO)C(COCC2OC(CO)C(COCC3OC(CO)C(COCC4OC(CO)C(O)C(O)C4O)C(O)C3O)C(O)C2O)C(O)C1O. The van der Waals surface area contributed by atoms with Gasteiger partial charge in [-0.05, 0) is 0 Å². The Morgan fingerprint density at radius 3 is 0.887 bits per heavy atom. The molecule has 20 unspecified atom stereocenters. The molecule has 0 amide bonds. The Morgan fingerprint density at radius 1 is 0.321 bits per heavy atom. The van der Waals surface area contributed by atoms with Crippen molar-refractivity contribution >= 4 is 0 Å². The quantitative estimate of drug-likeness (QED) is 0.0614. The molecule has 21 heteroatoms. The van der Waals surface area contributed by atoms with Gasteiger partial charge in [0, 0.05) is 24.9 Å². The smallest absolute Gasteiger partial charge is 0.111 e. The fraction of sp³-hybridized carbons (Fsp3) is 1.00. The van der Waals surface area contributed by atoms with E-state index in [1.165, 1.54) is 7.11 Å². The van der Waals surface area contributed by atoms with Crippen molar-refractivity contribution in [2.45, 2.75) is 104 Å². The molecule has 0 spiro atoms. The lowest BCUT2D eigenvalue weighted by Crippen LogP contribution is -2.60. The summed E-state index contributed by atoms with van der Waals surface area (Å²) in [6, 6.07) is 0. The third-order valence-electron chi connectivity index (χ3n) is 10.6. The van der Waals surface area contributed by atoms with Crippen molar-refractivity contribution in [1.82, 2.24) is 0 Å². The number of hydrogen-bond donors (Lipinski definition) is 13. The molecular formula is C32H58O21. The van der Waals surface area contributed by atoms with Gasteiger partial charge in [0.15, 0.2) is 0 Å². The molecular weight excluding hydrogens is 720 g/mol. The summed E-state index contributed by atoms with van der Waals surface area (Å²) in [6.45, 7) is -4.03. The lowest BCUT2D eigenvalue weighted by molar-refractivity contribution is -0.253. The number of aliphatic hydroxyl groups is 13. The van der Waals surface area contributed by atoms with E-state index in [0.29, 0.717) is 0 Å². The summed E-state index contributed by atoms with van der Waals surface area (Å²) in [5.41, 5.74) is 0. The van der Waals surface area contributed by atoms with E-state index in [4.69, 9.17) is 37.9 Å². The predicted octanol–water partition coefficient (Wildman–Crippen LogP) is -8.18. The van der Waals surface area contributed by atoms with E-state index in [-0.39, 0.29) is 46.2 Å². The summed E-state index contributed by atoms with van der Waals surface area (Å²) in [4.78, 5) is 0. The van der Waals surface area contributed by atoms with Gasteiger partial charge in [0.25, 0.3) is 0 Å². The molecule has 4 saturated heterocycles. The van der Waals surface area contributed by atoms with Crippen LogP contribution in [0, 0.1) is 17.8 Å². The predicted molar refractivity (Wildman–Crippen MR) is 172 cm³/mol. The fourth-order valence-corrected chi connectivity index (χ4v) is 7.31. The Balaban J connectivity index is 1.24. The first kappa shape index (κ1) is 44.9. The Labute approximate surface area is 305 Å². The van der Waals surface area contributed by atoms with Gasteiger partial charge in [-0.15, -0.1) is 0 Å². The van der Waals surface area contributed by atoms with Crippen LogP contribution in [0.2, 0.25) is 0 Å². The minimum absolute atomic E-state index is 0.00943. The highest BCUT2D eigenvalue weighted by Gasteiger charge is 2.49. The first-order valence-electron chi connectivity index (χ1n) is 17.7. The average Bonchev–Trinajstić information content (AvgIpc) is 3.15. The van der Waals surface area contributed by atoms with Crippen molar-refractivity contribution in [3.05, 3.63) is 0 Å². The standard InChI is InChI=1S/C32H58O21/c1-46-9-20-28(41)24(37)13(16(2-33)50-20)6-47-10-21-29(42)25(38)14(17(3-34)51-21)7-48-11-22-30(43)26(39)15(18(4-35)52-22)8-49-12-23-31(44)32(45)27(40)19(5-36)53-23/h13-45H,2-12H2,1H3. The zero-order valence-electron chi connectivity index (χ0n) is 29.4. The van der Waals surface area contributed by atoms with E-state index >= 15 is 0 Å². The van der Waals surface area contributed by atoms with Crippen molar-refractivity contribution in [3.63, 3.8) is 0 Å². The van der Waals surface area contributed by atoms with Crippen molar-refractivity contribution in [3.8, 4) is 0 Å². The van der Waals surface area contributed by atoms with Gasteiger partial charge >= 0.3 is 0 Å². The van der Waals surface area contributed by atoms with Crippen LogP contribution in [0.15, 0.2) is 0 Å². The number of methoxy groups -OCH3 is 1. The van der Waals surface area contributed by atoms with E-state index in [2.05, 4.69) is 0 Å². The van der Waals surface area contributed by atoms with E-state index in [1.54, 1.807) is 0 Å². The van der Waals surface area contributed by atoms with Crippen LogP contribution in [-0.4, -0.2) is 250 Å². The number of rotatable bonds is 18. The summed E-state index contributed by atoms with van der Waals surface area (Å²) < 4.78 is 44.5. The van der Waals surface area contributed by atoms with Crippen LogP contribution in [0.25, 0.3) is 0 Å². The van der Waals surface area contributed by atoms with Gasteiger partial charge in [0.05, 0.1) is 109 Å². The fourth-order valence-electron chi connectivity index (χ4n) is 7.31. The van der Waals surface area contributed by atoms with Gasteiger partial charge in [-0.2, -0.15) is 0 Å². The van der Waals surface area contributed by atoms with Crippen LogP contribution in [0.4, 0.5) is 0 Å². The molecule has 0 aromatic heterocycles. The summed E-state index contributed by atoms with van der Waals surface area (Å²) in [6.07, 6.45) is -21.7. The van der Waals surface area contributed by atoms with Crippen LogP contribution < -0.4 is 0 Å². The molecule has 53 heavy (non-hydrogen) atoms. The summed E-state index contributed by atoms with van der Waals surface area (Å²) in [7, 11) is 1.40. The molecule has 4 rings (SSSR count). The minimum Gasteiger partial charge on any atom is -0.394 e. The van der Waals surface area contributed by atoms with Gasteiger partial charge < -0.3 is 104 Å². The van der Waals surface area contributed by atoms with Gasteiger partial charge in [0.2, 0.25) is 0 Å². The van der Waals surface area contributed by atoms with Crippen LogP contribution in [0.3, 0.4) is 0 Å². The molecule has 0 aromatic rings. The Bertz CT molecular complexity index is 1040. The largest absolute Gasteiger partial charge is 0.394 e. The monoisotopic (exact) mass is 778 g/mol. The van der Waals surface area contributed by atoms with Gasteiger partial charge in [0.1, 0.15) is 67.1 Å². The summed E-state index contributed by atoms with van der Waals surface area (Å²) >= 11 is 0. The Hall–Kier alpha value is -0.840. The molecule has 312 valence electrons. The molecule has 4 aliphatic heterocycles. The highest BCUT2D eigenvalue weighted by Crippen LogP contribution is 2.31. The number of ether oxygens (including phenoxy) is 8. The summed E-state index contributed by atoms with van der Waals surface area (Å²) in [5.74, 6) is -2.77. The second-order valence-corrected chi connectivity index (χ2v) is 14.1. The van der Waals surface area contributed by atoms with Crippen LogP contribution in [0.1, 0.15) is 0 Å². The van der Waals surface area contributed by atoms with Crippen molar-refractivity contribution in [1.29, 1.82) is 0 Å². The average molecular weight is 779 g/mol. The molecule has 20 atom stereocenters. The Kier molecular flexibility index (Phi) is 17.8. The lowest BCUT2D eigenvalue weighted by atomic mass is 9.86. The van der Waals surface area contributed by atoms with E-state index < -0.39 is 148 Å². The molecule has 0 saturated carbocycles. The highest BCUT2D eigenvalue weighted by atomic mass is 16.6. The zero-order valence-corrected chi connectivity index (χ0v) is 29.4. The topological polar surface area (TPSA) is 337 Å². The normalized spacial score (nSPS) is 46.8. The molecule has 0 aliphatic carbocycles. The Morgan fingerprint density at radius 2 is 0.585 bits per heavy atom. The minimum atomic E-state index is -1.60. The molecule has 21 nitrogen and oxygen atoms in total. The van der Waals surface area contributed by atoms with Gasteiger partial charge in [-0.1, -0.05) is 0 Å². The van der Waals surface area contributed by atoms with E-state index in [9.17, 15) is 66.4 Å². The molecule has 4 heterocycles. The molecule has 0 aromatic carbocycles. The zero-order chi connectivity index (χ0) is 39.0. The molecule has 4 aliphatic rings. The maximum atomic E-state index is 10.9. The second kappa shape index (κ2) is 21.1. The summed E-state index contributed by atoms with van der Waals surface area (Å²) in [5, 5.41) is 134. The van der Waals surface area contributed by atoms with Crippen molar-refractivity contribution in [2.75, 3.05) is 79.8 Å². The van der Waals surface area contributed by atoms with E-state index in [1.807, 2.05) is 0 Å². The van der Waals surface area contributed by atoms with Crippen LogP contribution in [0.5, 0.6) is 0 Å². The maximum absolute atomic E-state index is 10.9. The third-order valence-corrected chi connectivity index (χ3v) is 10.6. The number of aliphatic hydroxyl groups excluding tert-OH is 13. The number of hydrogen-bond acceptors (Lipinski definition) is 21. The van der Waals surface area contributed by atoms with Gasteiger partial charge in [-0.25, -0.2) is 0 Å². The van der Waals surface area contributed by atoms with Crippen molar-refractivity contribution < 1.29 is 104 Å². The van der Waals surface area contributed by atoms with Crippen molar-refractivity contribution in [2.24, 2.45) is 17.8 Å². The van der Waals surface area contributed by atoms with Crippen LogP contribution >= 0.6 is 0 Å². The maximum Gasteiger partial charge on any atom is 0.111 e. The lowest BCUT2D eigenvalue weighted by Gasteiger charge is -2.44. The third kappa shape index (κ3) is 10.6. The first-order chi connectivity index (χ1) is 25.3. The second-order valence-electron chi connectivity index (χ2n) is 14.1. The highest BCUT2D eigenvalue weighted by molar-refractivity contribution is 4.96. The first-order valence-corrected chi connectivity index (χ1v) is 17.7.